The average Bonchev–Trinajstić information content (AvgIpc) is 2.54. The van der Waals surface area contributed by atoms with Crippen LogP contribution < -0.4 is 11.1 Å². The first-order valence-electron chi connectivity index (χ1n) is 8.34. The van der Waals surface area contributed by atoms with Crippen LogP contribution in [0.5, 0.6) is 0 Å². The van der Waals surface area contributed by atoms with Crippen LogP contribution in [0.25, 0.3) is 0 Å². The van der Waals surface area contributed by atoms with E-state index in [9.17, 15) is 14.0 Å². The molecule has 2 amide bonds. The molecule has 24 heavy (non-hydrogen) atoms. The van der Waals surface area contributed by atoms with Crippen LogP contribution >= 0.6 is 0 Å². The van der Waals surface area contributed by atoms with Crippen molar-refractivity contribution in [2.75, 3.05) is 13.1 Å². The summed E-state index contributed by atoms with van der Waals surface area (Å²) in [5.74, 6) is -1.09. The SMILES string of the molecule is C[C@@H](C[CH]C(=O)NC1CCN(Cc2cccc(F)c2)CC1)C(N)=O. The zero-order valence-corrected chi connectivity index (χ0v) is 14.0. The largest absolute Gasteiger partial charge is 0.369 e. The molecular weight excluding hydrogens is 309 g/mol. The fourth-order valence-corrected chi connectivity index (χ4v) is 2.79. The van der Waals surface area contributed by atoms with E-state index >= 15 is 0 Å². The van der Waals surface area contributed by atoms with Gasteiger partial charge in [-0.3, -0.25) is 14.5 Å². The molecule has 3 N–H and O–H groups in total. The summed E-state index contributed by atoms with van der Waals surface area (Å²) < 4.78 is 13.2. The third-order valence-electron chi connectivity index (χ3n) is 4.37. The molecule has 1 aliphatic rings. The van der Waals surface area contributed by atoms with E-state index in [-0.39, 0.29) is 23.7 Å². The predicted molar refractivity (Wildman–Crippen MR) is 90.1 cm³/mol. The molecule has 0 bridgehead atoms. The van der Waals surface area contributed by atoms with Crippen LogP contribution in [0.1, 0.15) is 31.7 Å². The lowest BCUT2D eigenvalue weighted by Crippen LogP contribution is -2.44. The number of likely N-dealkylation sites (tertiary alicyclic amines) is 1. The topological polar surface area (TPSA) is 75.4 Å². The van der Waals surface area contributed by atoms with E-state index in [4.69, 9.17) is 5.73 Å². The number of nitrogens with zero attached hydrogens (tertiary/aromatic N) is 1. The number of nitrogens with one attached hydrogen (secondary N) is 1. The van der Waals surface area contributed by atoms with Gasteiger partial charge in [0.2, 0.25) is 11.8 Å². The monoisotopic (exact) mass is 334 g/mol. The Morgan fingerprint density at radius 1 is 1.42 bits per heavy atom. The van der Waals surface area contributed by atoms with Gasteiger partial charge in [-0.1, -0.05) is 19.1 Å². The maximum Gasteiger partial charge on any atom is 0.224 e. The number of halogens is 1. The van der Waals surface area contributed by atoms with Gasteiger partial charge in [0.1, 0.15) is 5.82 Å². The van der Waals surface area contributed by atoms with E-state index < -0.39 is 5.91 Å². The molecule has 0 aromatic heterocycles. The Bertz CT molecular complexity index is 571. The van der Waals surface area contributed by atoms with E-state index in [1.807, 2.05) is 6.07 Å². The summed E-state index contributed by atoms with van der Waals surface area (Å²) >= 11 is 0. The second-order valence-corrected chi connectivity index (χ2v) is 6.43. The third-order valence-corrected chi connectivity index (χ3v) is 4.37. The zero-order valence-electron chi connectivity index (χ0n) is 14.0. The molecular formula is C18H25FN3O2. The van der Waals surface area contributed by atoms with E-state index in [0.717, 1.165) is 38.0 Å². The molecule has 1 aromatic rings. The Morgan fingerprint density at radius 3 is 2.75 bits per heavy atom. The first kappa shape index (κ1) is 18.4. The van der Waals surface area contributed by atoms with Crippen LogP contribution in [0.4, 0.5) is 4.39 Å². The number of hydrogen-bond donors (Lipinski definition) is 2. The van der Waals surface area contributed by atoms with E-state index in [1.165, 1.54) is 12.5 Å². The summed E-state index contributed by atoms with van der Waals surface area (Å²) in [6.45, 7) is 4.15. The van der Waals surface area contributed by atoms with Crippen molar-refractivity contribution in [3.8, 4) is 0 Å². The highest BCUT2D eigenvalue weighted by molar-refractivity contribution is 5.86. The second kappa shape index (κ2) is 8.78. The van der Waals surface area contributed by atoms with Gasteiger partial charge in [0, 0.05) is 31.6 Å². The molecule has 1 heterocycles. The van der Waals surface area contributed by atoms with Crippen molar-refractivity contribution in [1.82, 2.24) is 10.2 Å². The summed E-state index contributed by atoms with van der Waals surface area (Å²) in [5.41, 5.74) is 6.14. The molecule has 1 aliphatic heterocycles. The van der Waals surface area contributed by atoms with Gasteiger partial charge >= 0.3 is 0 Å². The number of carbonyl (C=O) groups is 2. The number of nitrogens with two attached hydrogens (primary N) is 1. The lowest BCUT2D eigenvalue weighted by Gasteiger charge is -2.32. The predicted octanol–water partition coefficient (Wildman–Crippen LogP) is 1.62. The maximum absolute atomic E-state index is 13.2. The van der Waals surface area contributed by atoms with Crippen LogP contribution in [0.2, 0.25) is 0 Å². The van der Waals surface area contributed by atoms with Crippen LogP contribution in [0.15, 0.2) is 24.3 Å². The minimum absolute atomic E-state index is 0.140. The second-order valence-electron chi connectivity index (χ2n) is 6.43. The molecule has 0 spiro atoms. The Kier molecular flexibility index (Phi) is 6.73. The fourth-order valence-electron chi connectivity index (χ4n) is 2.79. The minimum Gasteiger partial charge on any atom is -0.369 e. The fraction of sp³-hybridized carbons (Fsp3) is 0.500. The molecule has 6 heteroatoms. The Hall–Kier alpha value is -1.95. The van der Waals surface area contributed by atoms with Crippen molar-refractivity contribution in [3.63, 3.8) is 0 Å². The molecule has 2 rings (SSSR count). The van der Waals surface area contributed by atoms with Gasteiger partial charge < -0.3 is 11.1 Å². The zero-order chi connectivity index (χ0) is 17.5. The summed E-state index contributed by atoms with van der Waals surface area (Å²) in [4.78, 5) is 25.1. The molecule has 1 fully saturated rings. The number of amides is 2. The molecule has 1 saturated heterocycles. The summed E-state index contributed by atoms with van der Waals surface area (Å²) in [5, 5.41) is 2.97. The molecule has 1 aromatic carbocycles. The first-order valence-corrected chi connectivity index (χ1v) is 8.34. The van der Waals surface area contributed by atoms with Crippen molar-refractivity contribution in [2.24, 2.45) is 11.7 Å². The lowest BCUT2D eigenvalue weighted by atomic mass is 10.0. The van der Waals surface area contributed by atoms with Gasteiger partial charge in [0.25, 0.3) is 0 Å². The minimum atomic E-state index is -0.398. The smallest absolute Gasteiger partial charge is 0.224 e. The van der Waals surface area contributed by atoms with Crippen LogP contribution in [0, 0.1) is 18.2 Å². The quantitative estimate of drug-likeness (QED) is 0.796. The maximum atomic E-state index is 13.2. The summed E-state index contributed by atoms with van der Waals surface area (Å²) in [6, 6.07) is 6.79. The number of carbonyl (C=O) groups excluding carboxylic acids is 2. The summed E-state index contributed by atoms with van der Waals surface area (Å²) in [7, 11) is 0. The molecule has 1 radical (unpaired) electrons. The average molecular weight is 334 g/mol. The van der Waals surface area contributed by atoms with Gasteiger partial charge in [-0.05, 0) is 37.0 Å². The standard InChI is InChI=1S/C18H25FN3O2/c1-13(18(20)24)5-6-17(23)21-16-7-9-22(10-8-16)12-14-3-2-4-15(19)11-14/h2-4,6,11,13,16H,5,7-10,12H2,1H3,(H2,20,24)(H,21,23)/t13-/m0/s1. The number of benzene rings is 1. The number of rotatable bonds is 7. The molecule has 1 atom stereocenters. The summed E-state index contributed by atoms with van der Waals surface area (Å²) in [6.07, 6.45) is 3.58. The Balaban J connectivity index is 1.69. The van der Waals surface area contributed by atoms with Gasteiger partial charge in [0.15, 0.2) is 0 Å². The number of hydrogen-bond acceptors (Lipinski definition) is 3. The normalized spacial score (nSPS) is 17.4. The van der Waals surface area contributed by atoms with Crippen molar-refractivity contribution in [3.05, 3.63) is 42.1 Å². The van der Waals surface area contributed by atoms with E-state index in [0.29, 0.717) is 6.42 Å². The van der Waals surface area contributed by atoms with Gasteiger partial charge in [-0.2, -0.15) is 0 Å². The Morgan fingerprint density at radius 2 is 2.12 bits per heavy atom. The van der Waals surface area contributed by atoms with Gasteiger partial charge in [-0.15, -0.1) is 0 Å². The highest BCUT2D eigenvalue weighted by Crippen LogP contribution is 2.15. The van der Waals surface area contributed by atoms with Crippen molar-refractivity contribution >= 4 is 11.8 Å². The lowest BCUT2D eigenvalue weighted by molar-refractivity contribution is -0.121. The third kappa shape index (κ3) is 5.92. The van der Waals surface area contributed by atoms with Gasteiger partial charge in [-0.25, -0.2) is 4.39 Å². The molecule has 0 unspecified atom stereocenters. The van der Waals surface area contributed by atoms with Gasteiger partial charge in [0.05, 0.1) is 6.42 Å². The van der Waals surface area contributed by atoms with E-state index in [2.05, 4.69) is 10.2 Å². The molecule has 0 saturated carbocycles. The van der Waals surface area contributed by atoms with Crippen LogP contribution in [-0.2, 0) is 16.1 Å². The first-order chi connectivity index (χ1) is 11.4. The highest BCUT2D eigenvalue weighted by atomic mass is 19.1. The van der Waals surface area contributed by atoms with Crippen molar-refractivity contribution in [1.29, 1.82) is 0 Å². The Labute approximate surface area is 142 Å². The molecule has 5 nitrogen and oxygen atoms in total. The number of primary amides is 1. The molecule has 0 aliphatic carbocycles. The van der Waals surface area contributed by atoms with Crippen LogP contribution in [-0.4, -0.2) is 35.8 Å². The van der Waals surface area contributed by atoms with Crippen LogP contribution in [0.3, 0.4) is 0 Å². The van der Waals surface area contributed by atoms with Crippen molar-refractivity contribution in [2.45, 2.75) is 38.8 Å². The number of piperidine rings is 1. The van der Waals surface area contributed by atoms with Crippen molar-refractivity contribution < 1.29 is 14.0 Å². The van der Waals surface area contributed by atoms with E-state index in [1.54, 1.807) is 19.1 Å². The highest BCUT2D eigenvalue weighted by Gasteiger charge is 2.21. The molecule has 131 valence electrons.